The Labute approximate surface area is 182 Å². The number of sulfonamides is 1. The van der Waals surface area contributed by atoms with Crippen LogP contribution in [0.2, 0.25) is 0 Å². The third-order valence-corrected chi connectivity index (χ3v) is 5.34. The van der Waals surface area contributed by atoms with E-state index in [0.29, 0.717) is 22.6 Å². The second-order valence-corrected chi connectivity index (χ2v) is 8.21. The monoisotopic (exact) mass is 452 g/mol. The molecule has 1 aromatic heterocycles. The molecule has 0 atom stereocenters. The number of amides is 1. The number of hydrogen-bond acceptors (Lipinski definition) is 7. The van der Waals surface area contributed by atoms with Gasteiger partial charge in [0, 0.05) is 29.5 Å². The van der Waals surface area contributed by atoms with Gasteiger partial charge in [-0.3, -0.25) is 14.9 Å². The fraction of sp³-hybridized carbons (Fsp3) is 0.0476. The van der Waals surface area contributed by atoms with Gasteiger partial charge in [0.25, 0.3) is 11.6 Å². The lowest BCUT2D eigenvalue weighted by atomic mass is 10.1. The number of furan rings is 1. The van der Waals surface area contributed by atoms with Crippen molar-refractivity contribution in [2.45, 2.75) is 11.8 Å². The van der Waals surface area contributed by atoms with Crippen LogP contribution in [0.4, 0.5) is 11.4 Å². The van der Waals surface area contributed by atoms with E-state index in [1.807, 2.05) is 0 Å². The summed E-state index contributed by atoms with van der Waals surface area (Å²) in [5, 5.41) is 27.8. The largest absolute Gasteiger partial charge is 0.457 e. The third-order valence-electron chi connectivity index (χ3n) is 4.41. The topological polar surface area (TPSA) is 169 Å². The number of non-ortho nitro benzene ring substituents is 1. The van der Waals surface area contributed by atoms with E-state index in [1.54, 1.807) is 25.1 Å². The SMILES string of the molecule is Cc1cc([N+](=O)[O-])ccc1NC(=O)C(C#N)=Cc1ccc(-c2ccc(S(N)(=O)=O)cc2)o1. The Morgan fingerprint density at radius 3 is 2.44 bits per heavy atom. The zero-order chi connectivity index (χ0) is 23.5. The molecular formula is C21H16N4O6S. The lowest BCUT2D eigenvalue weighted by molar-refractivity contribution is -0.384. The quantitative estimate of drug-likeness (QED) is 0.250. The highest BCUT2D eigenvalue weighted by atomic mass is 32.2. The van der Waals surface area contributed by atoms with Gasteiger partial charge in [0.1, 0.15) is 23.2 Å². The average molecular weight is 452 g/mol. The van der Waals surface area contributed by atoms with Crippen molar-refractivity contribution in [3.05, 3.63) is 81.6 Å². The van der Waals surface area contributed by atoms with Crippen molar-refractivity contribution in [1.29, 1.82) is 5.26 Å². The van der Waals surface area contributed by atoms with Gasteiger partial charge >= 0.3 is 0 Å². The second-order valence-electron chi connectivity index (χ2n) is 6.65. The molecule has 0 fully saturated rings. The summed E-state index contributed by atoms with van der Waals surface area (Å²) in [6.45, 7) is 1.60. The summed E-state index contributed by atoms with van der Waals surface area (Å²) in [5.41, 5.74) is 1.01. The molecule has 0 saturated heterocycles. The molecule has 3 rings (SSSR count). The maximum Gasteiger partial charge on any atom is 0.269 e. The molecule has 11 heteroatoms. The Kier molecular flexibility index (Phi) is 6.20. The van der Waals surface area contributed by atoms with Gasteiger partial charge in [0.05, 0.1) is 9.82 Å². The number of nitrogens with zero attached hydrogens (tertiary/aromatic N) is 2. The first kappa shape index (κ1) is 22.4. The minimum Gasteiger partial charge on any atom is -0.457 e. The molecule has 0 saturated carbocycles. The van der Waals surface area contributed by atoms with E-state index in [4.69, 9.17) is 9.56 Å². The normalized spacial score (nSPS) is 11.6. The van der Waals surface area contributed by atoms with E-state index in [1.165, 1.54) is 48.5 Å². The Balaban J connectivity index is 1.80. The highest BCUT2D eigenvalue weighted by molar-refractivity contribution is 7.89. The highest BCUT2D eigenvalue weighted by Crippen LogP contribution is 2.25. The zero-order valence-electron chi connectivity index (χ0n) is 16.6. The molecule has 0 bridgehead atoms. The van der Waals surface area contributed by atoms with Gasteiger partial charge in [-0.25, -0.2) is 13.6 Å². The van der Waals surface area contributed by atoms with Gasteiger partial charge in [0.15, 0.2) is 0 Å². The molecule has 0 unspecified atom stereocenters. The summed E-state index contributed by atoms with van der Waals surface area (Å²) in [7, 11) is -3.81. The lowest BCUT2D eigenvalue weighted by Crippen LogP contribution is -2.14. The molecule has 10 nitrogen and oxygen atoms in total. The van der Waals surface area contributed by atoms with Crippen LogP contribution >= 0.6 is 0 Å². The van der Waals surface area contributed by atoms with Crippen molar-refractivity contribution in [2.75, 3.05) is 5.32 Å². The maximum atomic E-state index is 12.5. The fourth-order valence-electron chi connectivity index (χ4n) is 2.78. The van der Waals surface area contributed by atoms with Crippen molar-refractivity contribution in [3.63, 3.8) is 0 Å². The average Bonchev–Trinajstić information content (AvgIpc) is 3.21. The number of nitrogens with one attached hydrogen (secondary N) is 1. The Hall–Kier alpha value is -4.27. The van der Waals surface area contributed by atoms with Crippen LogP contribution in [0.3, 0.4) is 0 Å². The molecule has 0 aliphatic heterocycles. The van der Waals surface area contributed by atoms with Crippen molar-refractivity contribution in [3.8, 4) is 17.4 Å². The summed E-state index contributed by atoms with van der Waals surface area (Å²) in [5.74, 6) is -0.0938. The standard InChI is InChI=1S/C21H16N4O6S/c1-13-10-16(25(27)28)4-8-19(13)24-21(26)15(12-22)11-17-5-9-20(31-17)14-2-6-18(7-3-14)32(23,29)30/h2-11H,1H3,(H,24,26)(H2,23,29,30). The van der Waals surface area contributed by atoms with Crippen LogP contribution in [0, 0.1) is 28.4 Å². The molecule has 162 valence electrons. The number of primary sulfonamides is 1. The Morgan fingerprint density at radius 1 is 1.19 bits per heavy atom. The number of nitro groups is 1. The van der Waals surface area contributed by atoms with Gasteiger partial charge in [-0.1, -0.05) is 0 Å². The fourth-order valence-corrected chi connectivity index (χ4v) is 3.29. The molecule has 3 aromatic rings. The number of carbonyl (C=O) groups excluding carboxylic acids is 1. The summed E-state index contributed by atoms with van der Waals surface area (Å²) >= 11 is 0. The molecular weight excluding hydrogens is 436 g/mol. The molecule has 2 aromatic carbocycles. The Morgan fingerprint density at radius 2 is 1.88 bits per heavy atom. The molecule has 0 aliphatic rings. The first-order valence-corrected chi connectivity index (χ1v) is 10.5. The minimum absolute atomic E-state index is 0.0436. The summed E-state index contributed by atoms with van der Waals surface area (Å²) in [6, 6.07) is 14.6. The smallest absolute Gasteiger partial charge is 0.269 e. The lowest BCUT2D eigenvalue weighted by Gasteiger charge is -2.07. The van der Waals surface area contributed by atoms with Gasteiger partial charge < -0.3 is 9.73 Å². The van der Waals surface area contributed by atoms with Gasteiger partial charge in [0.2, 0.25) is 10.0 Å². The number of nitriles is 1. The van der Waals surface area contributed by atoms with Crippen LogP contribution in [0.5, 0.6) is 0 Å². The molecule has 32 heavy (non-hydrogen) atoms. The number of benzene rings is 2. The second kappa shape index (κ2) is 8.84. The van der Waals surface area contributed by atoms with E-state index in [2.05, 4.69) is 5.32 Å². The molecule has 1 heterocycles. The number of rotatable bonds is 6. The van der Waals surface area contributed by atoms with Crippen LogP contribution in [0.25, 0.3) is 17.4 Å². The summed E-state index contributed by atoms with van der Waals surface area (Å²) in [4.78, 5) is 22.7. The number of hydrogen-bond donors (Lipinski definition) is 2. The van der Waals surface area contributed by atoms with Gasteiger partial charge in [-0.15, -0.1) is 0 Å². The van der Waals surface area contributed by atoms with Crippen LogP contribution in [0.1, 0.15) is 11.3 Å². The number of anilines is 1. The highest BCUT2D eigenvalue weighted by Gasteiger charge is 2.15. The van der Waals surface area contributed by atoms with Crippen molar-refractivity contribution >= 4 is 33.4 Å². The maximum absolute atomic E-state index is 12.5. The molecule has 0 spiro atoms. The van der Waals surface area contributed by atoms with Crippen molar-refractivity contribution < 1.29 is 22.6 Å². The van der Waals surface area contributed by atoms with Crippen LogP contribution in [0.15, 0.2) is 69.5 Å². The molecule has 0 radical (unpaired) electrons. The predicted octanol–water partition coefficient (Wildman–Crippen LogP) is 3.36. The number of aryl methyl sites for hydroxylation is 1. The first-order chi connectivity index (χ1) is 15.1. The summed E-state index contributed by atoms with van der Waals surface area (Å²) in [6.07, 6.45) is 1.25. The molecule has 0 aliphatic carbocycles. The van der Waals surface area contributed by atoms with Crippen LogP contribution < -0.4 is 10.5 Å². The number of carbonyl (C=O) groups is 1. The van der Waals surface area contributed by atoms with Crippen molar-refractivity contribution in [2.24, 2.45) is 5.14 Å². The first-order valence-electron chi connectivity index (χ1n) is 9.00. The van der Waals surface area contributed by atoms with Gasteiger partial charge in [-0.2, -0.15) is 5.26 Å². The summed E-state index contributed by atoms with van der Waals surface area (Å²) < 4.78 is 28.3. The van der Waals surface area contributed by atoms with E-state index >= 15 is 0 Å². The zero-order valence-corrected chi connectivity index (χ0v) is 17.4. The van der Waals surface area contributed by atoms with E-state index in [0.717, 1.165) is 0 Å². The van der Waals surface area contributed by atoms with E-state index in [-0.39, 0.29) is 21.9 Å². The number of nitro benzene ring substituents is 1. The van der Waals surface area contributed by atoms with E-state index in [9.17, 15) is 28.6 Å². The Bertz CT molecular complexity index is 1380. The third kappa shape index (κ3) is 5.07. The number of nitrogens with two attached hydrogens (primary N) is 1. The van der Waals surface area contributed by atoms with Crippen molar-refractivity contribution in [1.82, 2.24) is 0 Å². The molecule has 3 N–H and O–H groups in total. The van der Waals surface area contributed by atoms with Gasteiger partial charge in [-0.05, 0) is 55.0 Å². The van der Waals surface area contributed by atoms with Crippen LogP contribution in [-0.4, -0.2) is 19.2 Å². The minimum atomic E-state index is -3.81. The predicted molar refractivity (Wildman–Crippen MR) is 116 cm³/mol. The van der Waals surface area contributed by atoms with Crippen LogP contribution in [-0.2, 0) is 14.8 Å². The van der Waals surface area contributed by atoms with E-state index < -0.39 is 20.9 Å². The molecule has 1 amide bonds.